The minimum absolute atomic E-state index is 0.0848. The lowest BCUT2D eigenvalue weighted by Crippen LogP contribution is -2.44. The van der Waals surface area contributed by atoms with Crippen LogP contribution in [0.5, 0.6) is 0 Å². The van der Waals surface area contributed by atoms with Gasteiger partial charge in [0.2, 0.25) is 5.91 Å². The van der Waals surface area contributed by atoms with E-state index in [0.29, 0.717) is 13.1 Å². The predicted molar refractivity (Wildman–Crippen MR) is 49.5 cm³/mol. The number of hydrogen-bond donors (Lipinski definition) is 3. The topological polar surface area (TPSA) is 81.1 Å². The molecule has 0 fully saturated rings. The minimum atomic E-state index is -0.400. The van der Waals surface area contributed by atoms with Crippen LogP contribution in [0.2, 0.25) is 0 Å². The highest BCUT2D eigenvalue weighted by atomic mass is 16.2. The Hall–Kier alpha value is -0.610. The third-order valence-corrected chi connectivity index (χ3v) is 1.70. The normalized spacial score (nSPS) is 13.1. The Balaban J connectivity index is 3.57. The van der Waals surface area contributed by atoms with Gasteiger partial charge in [-0.25, -0.2) is 0 Å². The van der Waals surface area contributed by atoms with Crippen LogP contribution >= 0.6 is 0 Å². The largest absolute Gasteiger partial charge is 0.355 e. The highest BCUT2D eigenvalue weighted by molar-refractivity contribution is 5.81. The molecule has 0 aliphatic heterocycles. The van der Waals surface area contributed by atoms with Gasteiger partial charge in [-0.2, -0.15) is 0 Å². The Labute approximate surface area is 73.7 Å². The molecule has 0 rings (SSSR count). The van der Waals surface area contributed by atoms with Crippen molar-refractivity contribution < 1.29 is 4.79 Å². The maximum absolute atomic E-state index is 11.2. The molecular weight excluding hydrogens is 154 g/mol. The number of carbonyl (C=O) groups excluding carboxylic acids is 1. The quantitative estimate of drug-likeness (QED) is 0.487. The summed E-state index contributed by atoms with van der Waals surface area (Å²) in [6.07, 6.45) is 0.802. The SMILES string of the molecule is CC(C)[C@H](N)C(=O)NCCCN. The molecule has 5 N–H and O–H groups in total. The molecule has 0 aliphatic rings. The molecule has 1 amide bonds. The van der Waals surface area contributed by atoms with Gasteiger partial charge in [-0.15, -0.1) is 0 Å². The monoisotopic (exact) mass is 173 g/mol. The second-order valence-corrected chi connectivity index (χ2v) is 3.20. The maximum Gasteiger partial charge on any atom is 0.237 e. The Morgan fingerprint density at radius 3 is 2.50 bits per heavy atom. The summed E-state index contributed by atoms with van der Waals surface area (Å²) in [4.78, 5) is 11.2. The molecule has 72 valence electrons. The molecular formula is C8H19N3O. The molecule has 0 aliphatic carbocycles. The third kappa shape index (κ3) is 4.31. The number of rotatable bonds is 5. The molecule has 4 heteroatoms. The zero-order valence-electron chi connectivity index (χ0n) is 7.84. The summed E-state index contributed by atoms with van der Waals surface area (Å²) in [6.45, 7) is 5.06. The lowest BCUT2D eigenvalue weighted by atomic mass is 10.1. The van der Waals surface area contributed by atoms with Gasteiger partial charge in [-0.3, -0.25) is 4.79 Å². The number of nitrogens with one attached hydrogen (secondary N) is 1. The molecule has 0 saturated carbocycles. The van der Waals surface area contributed by atoms with E-state index in [-0.39, 0.29) is 11.8 Å². The van der Waals surface area contributed by atoms with E-state index < -0.39 is 6.04 Å². The van der Waals surface area contributed by atoms with Crippen LogP contribution in [0.15, 0.2) is 0 Å². The molecule has 0 saturated heterocycles. The van der Waals surface area contributed by atoms with Crippen LogP contribution in [0.3, 0.4) is 0 Å². The average Bonchev–Trinajstić information content (AvgIpc) is 2.03. The lowest BCUT2D eigenvalue weighted by Gasteiger charge is -2.14. The Bertz CT molecular complexity index is 136. The first kappa shape index (κ1) is 11.4. The first-order valence-electron chi connectivity index (χ1n) is 4.33. The van der Waals surface area contributed by atoms with Crippen molar-refractivity contribution in [3.8, 4) is 0 Å². The molecule has 0 bridgehead atoms. The number of amides is 1. The third-order valence-electron chi connectivity index (χ3n) is 1.70. The van der Waals surface area contributed by atoms with Crippen molar-refractivity contribution in [3.63, 3.8) is 0 Å². The van der Waals surface area contributed by atoms with Crippen LogP contribution in [0, 0.1) is 5.92 Å². The molecule has 0 unspecified atom stereocenters. The van der Waals surface area contributed by atoms with Crippen molar-refractivity contribution in [1.82, 2.24) is 5.32 Å². The van der Waals surface area contributed by atoms with Gasteiger partial charge in [-0.1, -0.05) is 13.8 Å². The summed E-state index contributed by atoms with van der Waals surface area (Å²) in [6, 6.07) is -0.400. The van der Waals surface area contributed by atoms with Crippen LogP contribution in [0.25, 0.3) is 0 Å². The van der Waals surface area contributed by atoms with Crippen LogP contribution in [-0.2, 0) is 4.79 Å². The first-order chi connectivity index (χ1) is 5.59. The molecule has 4 nitrogen and oxygen atoms in total. The van der Waals surface area contributed by atoms with Gasteiger partial charge in [0.1, 0.15) is 0 Å². The molecule has 0 heterocycles. The molecule has 0 aromatic rings. The summed E-state index contributed by atoms with van der Waals surface area (Å²) in [5.74, 6) is 0.0985. The fourth-order valence-electron chi connectivity index (χ4n) is 0.734. The van der Waals surface area contributed by atoms with Crippen molar-refractivity contribution in [2.24, 2.45) is 17.4 Å². The van der Waals surface area contributed by atoms with Gasteiger partial charge in [0.15, 0.2) is 0 Å². The fourth-order valence-corrected chi connectivity index (χ4v) is 0.734. The van der Waals surface area contributed by atoms with Gasteiger partial charge < -0.3 is 16.8 Å². The van der Waals surface area contributed by atoms with E-state index in [9.17, 15) is 4.79 Å². The van der Waals surface area contributed by atoms with E-state index in [1.807, 2.05) is 13.8 Å². The second kappa shape index (κ2) is 5.97. The van der Waals surface area contributed by atoms with Gasteiger partial charge >= 0.3 is 0 Å². The highest BCUT2D eigenvalue weighted by Gasteiger charge is 2.15. The molecule has 0 aromatic heterocycles. The van der Waals surface area contributed by atoms with Crippen LogP contribution in [0.1, 0.15) is 20.3 Å². The number of nitrogens with two attached hydrogens (primary N) is 2. The average molecular weight is 173 g/mol. The Morgan fingerprint density at radius 2 is 2.08 bits per heavy atom. The van der Waals surface area contributed by atoms with E-state index in [0.717, 1.165) is 6.42 Å². The molecule has 1 atom stereocenters. The van der Waals surface area contributed by atoms with Crippen molar-refractivity contribution in [2.45, 2.75) is 26.3 Å². The van der Waals surface area contributed by atoms with Crippen molar-refractivity contribution in [2.75, 3.05) is 13.1 Å². The summed E-state index contributed by atoms with van der Waals surface area (Å²) in [7, 11) is 0. The van der Waals surface area contributed by atoms with E-state index in [4.69, 9.17) is 11.5 Å². The van der Waals surface area contributed by atoms with E-state index in [1.54, 1.807) is 0 Å². The van der Waals surface area contributed by atoms with Gasteiger partial charge in [-0.05, 0) is 18.9 Å². The van der Waals surface area contributed by atoms with E-state index in [2.05, 4.69) is 5.32 Å². The Morgan fingerprint density at radius 1 is 1.50 bits per heavy atom. The zero-order valence-corrected chi connectivity index (χ0v) is 7.84. The van der Waals surface area contributed by atoms with Crippen LogP contribution < -0.4 is 16.8 Å². The van der Waals surface area contributed by atoms with Crippen molar-refractivity contribution in [3.05, 3.63) is 0 Å². The van der Waals surface area contributed by atoms with Gasteiger partial charge in [0, 0.05) is 6.54 Å². The van der Waals surface area contributed by atoms with Crippen LogP contribution in [0.4, 0.5) is 0 Å². The lowest BCUT2D eigenvalue weighted by molar-refractivity contribution is -0.123. The number of carbonyl (C=O) groups is 1. The molecule has 12 heavy (non-hydrogen) atoms. The van der Waals surface area contributed by atoms with Crippen molar-refractivity contribution >= 4 is 5.91 Å². The van der Waals surface area contributed by atoms with Crippen molar-refractivity contribution in [1.29, 1.82) is 0 Å². The van der Waals surface area contributed by atoms with Gasteiger partial charge in [0.05, 0.1) is 6.04 Å². The van der Waals surface area contributed by atoms with Crippen LogP contribution in [-0.4, -0.2) is 25.0 Å². The summed E-state index contributed by atoms with van der Waals surface area (Å²) in [5, 5.41) is 2.72. The molecule has 0 aromatic carbocycles. The zero-order chi connectivity index (χ0) is 9.56. The standard InChI is InChI=1S/C8H19N3O/c1-6(2)7(10)8(12)11-5-3-4-9/h6-7H,3-5,9-10H2,1-2H3,(H,11,12)/t7-/m0/s1. The summed E-state index contributed by atoms with van der Waals surface area (Å²) < 4.78 is 0. The van der Waals surface area contributed by atoms with E-state index >= 15 is 0 Å². The smallest absolute Gasteiger partial charge is 0.237 e. The van der Waals surface area contributed by atoms with E-state index in [1.165, 1.54) is 0 Å². The highest BCUT2D eigenvalue weighted by Crippen LogP contribution is 1.97. The summed E-state index contributed by atoms with van der Waals surface area (Å²) in [5.41, 5.74) is 10.9. The first-order valence-corrected chi connectivity index (χ1v) is 4.33. The molecule has 0 radical (unpaired) electrons. The number of hydrogen-bond acceptors (Lipinski definition) is 3. The summed E-state index contributed by atoms with van der Waals surface area (Å²) >= 11 is 0. The molecule has 0 spiro atoms. The van der Waals surface area contributed by atoms with Gasteiger partial charge in [0.25, 0.3) is 0 Å². The second-order valence-electron chi connectivity index (χ2n) is 3.20. The maximum atomic E-state index is 11.2. The Kier molecular flexibility index (Phi) is 5.66. The minimum Gasteiger partial charge on any atom is -0.355 e. The fraction of sp³-hybridized carbons (Fsp3) is 0.875. The predicted octanol–water partition coefficient (Wildman–Crippen LogP) is -0.565.